The van der Waals surface area contributed by atoms with E-state index in [9.17, 15) is 5.11 Å². The van der Waals surface area contributed by atoms with Gasteiger partial charge in [-0.25, -0.2) is 0 Å². The number of benzene rings is 5. The molecule has 184 valence electrons. The molecule has 0 saturated carbocycles. The first-order chi connectivity index (χ1) is 19.3. The van der Waals surface area contributed by atoms with E-state index in [2.05, 4.69) is 126 Å². The summed E-state index contributed by atoms with van der Waals surface area (Å²) in [7, 11) is 0. The third kappa shape index (κ3) is 2.86. The van der Waals surface area contributed by atoms with Gasteiger partial charge in [0.15, 0.2) is 0 Å². The van der Waals surface area contributed by atoms with Gasteiger partial charge in [-0.3, -0.25) is 0 Å². The Bertz CT molecular complexity index is 1880. The van der Waals surface area contributed by atoms with Gasteiger partial charge in [0.05, 0.1) is 22.5 Å². The van der Waals surface area contributed by atoms with Crippen molar-refractivity contribution in [3.8, 4) is 22.3 Å². The monoisotopic (exact) mass is 499 g/mol. The first-order valence-electron chi connectivity index (χ1n) is 13.3. The lowest BCUT2D eigenvalue weighted by molar-refractivity contribution is 0.468. The standard InChI is InChI=1S/C37H25NO/c39-24-28-15-5-4-13-26-14-10-19-33-36(26)38(28)35-20-9-8-18-32(35)37(33)31-17-7-6-16-29(31)30-22-21-27(23-34(30)37)25-11-2-1-3-12-25/h1-24,39H/b13-4-,15-5-,28-24-. The number of hydrogen-bond acceptors (Lipinski definition) is 2. The molecular formula is C37H25NO. The number of fused-ring (bicyclic) bond motifs is 9. The van der Waals surface area contributed by atoms with Crippen molar-refractivity contribution in [2.45, 2.75) is 5.41 Å². The van der Waals surface area contributed by atoms with E-state index in [4.69, 9.17) is 0 Å². The molecule has 5 aromatic rings. The molecule has 8 rings (SSSR count). The molecule has 1 unspecified atom stereocenters. The van der Waals surface area contributed by atoms with Crippen LogP contribution in [0.3, 0.4) is 0 Å². The highest BCUT2D eigenvalue weighted by molar-refractivity contribution is 5.97. The Labute approximate surface area is 228 Å². The summed E-state index contributed by atoms with van der Waals surface area (Å²) in [6.07, 6.45) is 9.38. The second-order valence-electron chi connectivity index (χ2n) is 10.3. The second kappa shape index (κ2) is 8.21. The van der Waals surface area contributed by atoms with E-state index in [1.807, 2.05) is 18.2 Å². The summed E-state index contributed by atoms with van der Waals surface area (Å²) in [4.78, 5) is 2.22. The van der Waals surface area contributed by atoms with Crippen LogP contribution >= 0.6 is 0 Å². The molecule has 1 N–H and O–H groups in total. The molecule has 2 nitrogen and oxygen atoms in total. The van der Waals surface area contributed by atoms with Crippen LogP contribution in [0.5, 0.6) is 0 Å². The van der Waals surface area contributed by atoms with E-state index in [-0.39, 0.29) is 0 Å². The zero-order valence-corrected chi connectivity index (χ0v) is 21.3. The maximum Gasteiger partial charge on any atom is 0.103 e. The van der Waals surface area contributed by atoms with Crippen LogP contribution in [0.2, 0.25) is 0 Å². The Morgan fingerprint density at radius 3 is 2.15 bits per heavy atom. The number of aliphatic hydroxyl groups excluding tert-OH is 1. The summed E-state index contributed by atoms with van der Waals surface area (Å²) in [5.74, 6) is 0. The number of rotatable bonds is 1. The topological polar surface area (TPSA) is 23.5 Å². The molecule has 2 heterocycles. The van der Waals surface area contributed by atoms with Crippen LogP contribution in [0.15, 0.2) is 145 Å². The van der Waals surface area contributed by atoms with Crippen molar-refractivity contribution in [1.29, 1.82) is 0 Å². The van der Waals surface area contributed by atoms with Crippen molar-refractivity contribution < 1.29 is 5.11 Å². The van der Waals surface area contributed by atoms with Crippen molar-refractivity contribution in [3.63, 3.8) is 0 Å². The van der Waals surface area contributed by atoms with Crippen LogP contribution in [-0.4, -0.2) is 5.11 Å². The predicted octanol–water partition coefficient (Wildman–Crippen LogP) is 9.15. The molecule has 0 aromatic heterocycles. The SMILES string of the molecule is O/C=C1/C=C\C=C/c2cccc3c2N1c1ccccc1C31c2ccccc2-c2ccc(-c3ccccc3)cc21. The van der Waals surface area contributed by atoms with Gasteiger partial charge >= 0.3 is 0 Å². The minimum atomic E-state index is -0.507. The van der Waals surface area contributed by atoms with Gasteiger partial charge in [-0.2, -0.15) is 0 Å². The van der Waals surface area contributed by atoms with Crippen LogP contribution in [0.4, 0.5) is 11.4 Å². The summed E-state index contributed by atoms with van der Waals surface area (Å²) >= 11 is 0. The molecule has 5 aromatic carbocycles. The van der Waals surface area contributed by atoms with Crippen molar-refractivity contribution >= 4 is 17.5 Å². The zero-order chi connectivity index (χ0) is 26.0. The van der Waals surface area contributed by atoms with Gasteiger partial charge in [0.25, 0.3) is 0 Å². The number of anilines is 2. The van der Waals surface area contributed by atoms with Gasteiger partial charge in [0, 0.05) is 0 Å². The maximum absolute atomic E-state index is 10.4. The molecule has 0 saturated heterocycles. The molecular weight excluding hydrogens is 474 g/mol. The number of para-hydroxylation sites is 2. The number of hydrogen-bond donors (Lipinski definition) is 1. The van der Waals surface area contributed by atoms with E-state index in [1.165, 1.54) is 50.8 Å². The molecule has 39 heavy (non-hydrogen) atoms. The maximum atomic E-state index is 10.4. The van der Waals surface area contributed by atoms with E-state index in [1.54, 1.807) is 0 Å². The fraction of sp³-hybridized carbons (Fsp3) is 0.0270. The van der Waals surface area contributed by atoms with Crippen molar-refractivity contribution in [1.82, 2.24) is 0 Å². The van der Waals surface area contributed by atoms with E-state index < -0.39 is 5.41 Å². The lowest BCUT2D eigenvalue weighted by atomic mass is 9.64. The van der Waals surface area contributed by atoms with Crippen LogP contribution in [0.1, 0.15) is 27.8 Å². The van der Waals surface area contributed by atoms with Gasteiger partial charge in [0.2, 0.25) is 0 Å². The molecule has 1 aliphatic carbocycles. The molecule has 0 radical (unpaired) electrons. The van der Waals surface area contributed by atoms with E-state index in [0.29, 0.717) is 0 Å². The Hall–Kier alpha value is -5.08. The van der Waals surface area contributed by atoms with E-state index in [0.717, 1.165) is 22.6 Å². The normalized spacial score (nSPS) is 20.4. The summed E-state index contributed by atoms with van der Waals surface area (Å²) in [6, 6.07) is 41.7. The Balaban J connectivity index is 1.56. The van der Waals surface area contributed by atoms with Gasteiger partial charge in [0.1, 0.15) is 6.26 Å². The highest BCUT2D eigenvalue weighted by Gasteiger charge is 2.52. The number of nitrogens with zero attached hydrogens (tertiary/aromatic N) is 1. The second-order valence-corrected chi connectivity index (χ2v) is 10.3. The Kier molecular flexibility index (Phi) is 4.62. The van der Waals surface area contributed by atoms with Crippen LogP contribution < -0.4 is 4.90 Å². The first kappa shape index (κ1) is 22.0. The summed E-state index contributed by atoms with van der Waals surface area (Å²) in [5.41, 5.74) is 13.5. The fourth-order valence-corrected chi connectivity index (χ4v) is 6.93. The van der Waals surface area contributed by atoms with E-state index >= 15 is 0 Å². The summed E-state index contributed by atoms with van der Waals surface area (Å²) < 4.78 is 0. The summed E-state index contributed by atoms with van der Waals surface area (Å²) in [6.45, 7) is 0. The number of allylic oxidation sites excluding steroid dienone is 3. The van der Waals surface area contributed by atoms with Gasteiger partial charge in [-0.1, -0.05) is 121 Å². The van der Waals surface area contributed by atoms with Crippen molar-refractivity contribution in [3.05, 3.63) is 173 Å². The van der Waals surface area contributed by atoms with Gasteiger partial charge in [-0.05, 0) is 68.3 Å². The fourth-order valence-electron chi connectivity index (χ4n) is 6.93. The van der Waals surface area contributed by atoms with Crippen LogP contribution in [0.25, 0.3) is 28.3 Å². The number of aliphatic hydroxyl groups is 1. The average molecular weight is 500 g/mol. The largest absolute Gasteiger partial charge is 0.513 e. The third-order valence-electron chi connectivity index (χ3n) is 8.44. The molecule has 0 bridgehead atoms. The van der Waals surface area contributed by atoms with Gasteiger partial charge < -0.3 is 10.0 Å². The molecule has 0 fully saturated rings. The predicted molar refractivity (Wildman–Crippen MR) is 160 cm³/mol. The minimum absolute atomic E-state index is 0.507. The molecule has 1 spiro atoms. The van der Waals surface area contributed by atoms with Crippen LogP contribution in [0, 0.1) is 0 Å². The van der Waals surface area contributed by atoms with Crippen molar-refractivity contribution in [2.75, 3.05) is 4.90 Å². The quantitative estimate of drug-likeness (QED) is 0.228. The molecule has 2 aliphatic heterocycles. The smallest absolute Gasteiger partial charge is 0.103 e. The molecule has 1 atom stereocenters. The summed E-state index contributed by atoms with van der Waals surface area (Å²) in [5, 5.41) is 10.4. The molecule has 3 aliphatic rings. The average Bonchev–Trinajstić information content (AvgIpc) is 3.28. The Morgan fingerprint density at radius 1 is 0.564 bits per heavy atom. The minimum Gasteiger partial charge on any atom is -0.513 e. The highest BCUT2D eigenvalue weighted by Crippen LogP contribution is 2.63. The third-order valence-corrected chi connectivity index (χ3v) is 8.44. The Morgan fingerprint density at radius 2 is 1.28 bits per heavy atom. The van der Waals surface area contributed by atoms with Crippen molar-refractivity contribution in [2.24, 2.45) is 0 Å². The lowest BCUT2D eigenvalue weighted by Gasteiger charge is -2.46. The first-order valence-corrected chi connectivity index (χ1v) is 13.3. The lowest BCUT2D eigenvalue weighted by Crippen LogP contribution is -2.37. The highest BCUT2D eigenvalue weighted by atomic mass is 16.2. The van der Waals surface area contributed by atoms with Gasteiger partial charge in [-0.15, -0.1) is 0 Å². The zero-order valence-electron chi connectivity index (χ0n) is 21.3. The van der Waals surface area contributed by atoms with Crippen LogP contribution in [-0.2, 0) is 5.41 Å². The molecule has 2 heteroatoms. The molecule has 0 amide bonds.